The Hall–Kier alpha value is -3.88. The standard InChI is InChI=1S/C30H29ClFN3O4/c1-20-25(19-34(18-23-8-7-17-38-23)29(36)24-9-3-4-10-26(24)32)30(39-28-12-6-5-11-27(28)37-2)35(33-20)22-15-13-21(31)14-16-22/h3-6,9-16,23H,7-8,17-19H2,1-2H3/t23-/m0/s1. The third-order valence-electron chi connectivity index (χ3n) is 6.67. The number of aryl methyl sites for hydroxylation is 1. The number of methoxy groups -OCH3 is 1. The Bertz CT molecular complexity index is 1450. The molecule has 1 atom stereocenters. The smallest absolute Gasteiger partial charge is 0.257 e. The van der Waals surface area contributed by atoms with Gasteiger partial charge in [0.2, 0.25) is 5.88 Å². The number of nitrogens with zero attached hydrogens (tertiary/aromatic N) is 3. The summed E-state index contributed by atoms with van der Waals surface area (Å²) < 4.78 is 34.2. The Balaban J connectivity index is 1.58. The molecule has 1 saturated heterocycles. The second-order valence-corrected chi connectivity index (χ2v) is 9.75. The van der Waals surface area contributed by atoms with Crippen molar-refractivity contribution in [1.82, 2.24) is 14.7 Å². The second kappa shape index (κ2) is 11.9. The molecule has 9 heteroatoms. The fraction of sp³-hybridized carbons (Fsp3) is 0.267. The Morgan fingerprint density at radius 3 is 2.51 bits per heavy atom. The Labute approximate surface area is 231 Å². The third-order valence-corrected chi connectivity index (χ3v) is 6.92. The van der Waals surface area contributed by atoms with Gasteiger partial charge in [-0.1, -0.05) is 35.9 Å². The molecule has 0 bridgehead atoms. The zero-order valence-corrected chi connectivity index (χ0v) is 22.5. The van der Waals surface area contributed by atoms with E-state index in [0.29, 0.717) is 46.8 Å². The van der Waals surface area contributed by atoms with Crippen LogP contribution in [0.1, 0.15) is 34.5 Å². The monoisotopic (exact) mass is 549 g/mol. The normalized spacial score (nSPS) is 14.8. The first-order chi connectivity index (χ1) is 18.9. The van der Waals surface area contributed by atoms with Gasteiger partial charge in [0.05, 0.1) is 42.3 Å². The zero-order chi connectivity index (χ0) is 27.4. The molecule has 2 heterocycles. The number of ether oxygens (including phenoxy) is 3. The van der Waals surface area contributed by atoms with Crippen LogP contribution in [0, 0.1) is 12.7 Å². The van der Waals surface area contributed by atoms with Crippen LogP contribution in [-0.2, 0) is 11.3 Å². The average molecular weight is 550 g/mol. The van der Waals surface area contributed by atoms with Gasteiger partial charge in [0, 0.05) is 18.2 Å². The number of para-hydroxylation sites is 2. The first kappa shape index (κ1) is 26.7. The highest BCUT2D eigenvalue weighted by atomic mass is 35.5. The van der Waals surface area contributed by atoms with Crippen LogP contribution < -0.4 is 9.47 Å². The topological polar surface area (TPSA) is 65.8 Å². The average Bonchev–Trinajstić information content (AvgIpc) is 3.57. The van der Waals surface area contributed by atoms with Crippen LogP contribution in [0.3, 0.4) is 0 Å². The molecule has 1 aliphatic heterocycles. The minimum atomic E-state index is -0.570. The number of hydrogen-bond acceptors (Lipinski definition) is 5. The first-order valence-corrected chi connectivity index (χ1v) is 13.1. The molecule has 1 amide bonds. The highest BCUT2D eigenvalue weighted by molar-refractivity contribution is 6.30. The lowest BCUT2D eigenvalue weighted by molar-refractivity contribution is 0.0502. The summed E-state index contributed by atoms with van der Waals surface area (Å²) in [6, 6.07) is 20.5. The number of rotatable bonds is 9. The van der Waals surface area contributed by atoms with Crippen molar-refractivity contribution in [3.05, 3.63) is 100 Å². The fourth-order valence-corrected chi connectivity index (χ4v) is 4.77. The SMILES string of the molecule is COc1ccccc1Oc1c(CN(C[C@@H]2CCCO2)C(=O)c2ccccc2F)c(C)nn1-c1ccc(Cl)cc1. The molecule has 0 N–H and O–H groups in total. The van der Waals surface area contributed by atoms with E-state index < -0.39 is 11.7 Å². The maximum Gasteiger partial charge on any atom is 0.257 e. The molecule has 0 spiro atoms. The molecule has 0 aliphatic carbocycles. The number of halogens is 2. The number of hydrogen-bond donors (Lipinski definition) is 0. The first-order valence-electron chi connectivity index (χ1n) is 12.8. The van der Waals surface area contributed by atoms with Gasteiger partial charge >= 0.3 is 0 Å². The van der Waals surface area contributed by atoms with Crippen LogP contribution in [0.15, 0.2) is 72.8 Å². The molecular weight excluding hydrogens is 521 g/mol. The third kappa shape index (κ3) is 5.92. The van der Waals surface area contributed by atoms with Gasteiger partial charge in [0.1, 0.15) is 5.82 Å². The van der Waals surface area contributed by atoms with Crippen LogP contribution in [-0.4, -0.2) is 47.0 Å². The largest absolute Gasteiger partial charge is 0.493 e. The van der Waals surface area contributed by atoms with Gasteiger partial charge in [-0.05, 0) is 68.3 Å². The van der Waals surface area contributed by atoms with Crippen molar-refractivity contribution in [2.24, 2.45) is 0 Å². The highest BCUT2D eigenvalue weighted by Gasteiger charge is 2.29. The molecule has 202 valence electrons. The van der Waals surface area contributed by atoms with E-state index in [4.69, 9.17) is 30.9 Å². The highest BCUT2D eigenvalue weighted by Crippen LogP contribution is 2.36. The van der Waals surface area contributed by atoms with Gasteiger partial charge in [-0.2, -0.15) is 5.10 Å². The lowest BCUT2D eigenvalue weighted by Crippen LogP contribution is -2.37. The van der Waals surface area contributed by atoms with E-state index in [1.165, 1.54) is 12.1 Å². The zero-order valence-electron chi connectivity index (χ0n) is 21.8. The predicted octanol–water partition coefficient (Wildman–Crippen LogP) is 6.60. The van der Waals surface area contributed by atoms with Crippen LogP contribution >= 0.6 is 11.6 Å². The molecule has 0 saturated carbocycles. The molecule has 1 aromatic heterocycles. The van der Waals surface area contributed by atoms with E-state index in [0.717, 1.165) is 18.5 Å². The van der Waals surface area contributed by atoms with Gasteiger partial charge in [-0.15, -0.1) is 0 Å². The van der Waals surface area contributed by atoms with Crippen molar-refractivity contribution in [3.63, 3.8) is 0 Å². The summed E-state index contributed by atoms with van der Waals surface area (Å²) in [5.74, 6) is 0.452. The van der Waals surface area contributed by atoms with E-state index in [-0.39, 0.29) is 18.2 Å². The number of carbonyl (C=O) groups excluding carboxylic acids is 1. The van der Waals surface area contributed by atoms with Crippen molar-refractivity contribution in [2.75, 3.05) is 20.3 Å². The van der Waals surface area contributed by atoms with Gasteiger partial charge in [-0.25, -0.2) is 9.07 Å². The van der Waals surface area contributed by atoms with Crippen LogP contribution in [0.2, 0.25) is 5.02 Å². The van der Waals surface area contributed by atoms with E-state index >= 15 is 0 Å². The van der Waals surface area contributed by atoms with Crippen molar-refractivity contribution < 1.29 is 23.4 Å². The molecule has 0 radical (unpaired) electrons. The van der Waals surface area contributed by atoms with Gasteiger partial charge in [0.25, 0.3) is 5.91 Å². The summed E-state index contributed by atoms with van der Waals surface area (Å²) in [6.45, 7) is 2.94. The maximum atomic E-state index is 14.7. The summed E-state index contributed by atoms with van der Waals surface area (Å²) in [5.41, 5.74) is 2.07. The van der Waals surface area contributed by atoms with Crippen molar-refractivity contribution in [3.8, 4) is 23.1 Å². The number of aromatic nitrogens is 2. The molecule has 7 nitrogen and oxygen atoms in total. The van der Waals surface area contributed by atoms with Crippen LogP contribution in [0.4, 0.5) is 4.39 Å². The molecular formula is C30H29ClFN3O4. The summed E-state index contributed by atoms with van der Waals surface area (Å²) in [4.78, 5) is 15.3. The summed E-state index contributed by atoms with van der Waals surface area (Å²) in [6.07, 6.45) is 1.61. The Morgan fingerprint density at radius 1 is 1.10 bits per heavy atom. The van der Waals surface area contributed by atoms with Crippen molar-refractivity contribution in [2.45, 2.75) is 32.4 Å². The summed E-state index contributed by atoms with van der Waals surface area (Å²) >= 11 is 6.14. The van der Waals surface area contributed by atoms with Crippen LogP contribution in [0.25, 0.3) is 5.69 Å². The number of carbonyl (C=O) groups is 1. The number of benzene rings is 3. The van der Waals surface area contributed by atoms with Crippen molar-refractivity contribution >= 4 is 17.5 Å². The second-order valence-electron chi connectivity index (χ2n) is 9.31. The lowest BCUT2D eigenvalue weighted by atomic mass is 10.1. The van der Waals surface area contributed by atoms with E-state index in [1.54, 1.807) is 53.1 Å². The quantitative estimate of drug-likeness (QED) is 0.235. The van der Waals surface area contributed by atoms with Gasteiger partial charge < -0.3 is 19.1 Å². The lowest BCUT2D eigenvalue weighted by Gasteiger charge is -2.26. The van der Waals surface area contributed by atoms with Gasteiger partial charge in [0.15, 0.2) is 11.5 Å². The summed E-state index contributed by atoms with van der Waals surface area (Å²) in [5, 5.41) is 5.35. The molecule has 0 unspecified atom stereocenters. The predicted molar refractivity (Wildman–Crippen MR) is 146 cm³/mol. The fourth-order valence-electron chi connectivity index (χ4n) is 4.64. The minimum absolute atomic E-state index is 0.00504. The van der Waals surface area contributed by atoms with E-state index in [1.807, 2.05) is 31.2 Å². The molecule has 3 aromatic carbocycles. The molecule has 4 aromatic rings. The van der Waals surface area contributed by atoms with E-state index in [9.17, 15) is 9.18 Å². The Kier molecular flexibility index (Phi) is 8.14. The van der Waals surface area contributed by atoms with E-state index in [2.05, 4.69) is 0 Å². The molecule has 1 fully saturated rings. The number of amides is 1. The summed E-state index contributed by atoms with van der Waals surface area (Å²) in [7, 11) is 1.57. The molecule has 39 heavy (non-hydrogen) atoms. The van der Waals surface area contributed by atoms with Crippen molar-refractivity contribution in [1.29, 1.82) is 0 Å². The Morgan fingerprint density at radius 2 is 1.82 bits per heavy atom. The molecule has 1 aliphatic rings. The minimum Gasteiger partial charge on any atom is -0.493 e. The van der Waals surface area contributed by atoms with Crippen LogP contribution in [0.5, 0.6) is 17.4 Å². The molecule has 5 rings (SSSR count). The van der Waals surface area contributed by atoms with Gasteiger partial charge in [-0.3, -0.25) is 4.79 Å². The maximum absolute atomic E-state index is 14.7.